The number of aliphatic hydroxyl groups excluding tert-OH is 1. The lowest BCUT2D eigenvalue weighted by atomic mass is 9.90. The van der Waals surface area contributed by atoms with Gasteiger partial charge < -0.3 is 15.2 Å². The maximum absolute atomic E-state index is 9.63. The second-order valence-electron chi connectivity index (χ2n) is 4.84. The van der Waals surface area contributed by atoms with Gasteiger partial charge in [0.05, 0.1) is 23.4 Å². The lowest BCUT2D eigenvalue weighted by Crippen LogP contribution is -2.47. The summed E-state index contributed by atoms with van der Waals surface area (Å²) in [5.74, 6) is 0. The van der Waals surface area contributed by atoms with Crippen LogP contribution in [-0.4, -0.2) is 30.5 Å². The van der Waals surface area contributed by atoms with E-state index in [9.17, 15) is 5.11 Å². The molecule has 1 fully saturated rings. The molecule has 0 unspecified atom stereocenters. The smallest absolute Gasteiger partial charge is 0.101 e. The van der Waals surface area contributed by atoms with Crippen molar-refractivity contribution in [3.63, 3.8) is 0 Å². The fraction of sp³-hybridized carbons (Fsp3) is 0.500. The quantitative estimate of drug-likeness (QED) is 0.853. The molecule has 0 atom stereocenters. The molecule has 1 heterocycles. The van der Waals surface area contributed by atoms with Gasteiger partial charge in [-0.2, -0.15) is 5.26 Å². The number of anilines is 1. The summed E-state index contributed by atoms with van der Waals surface area (Å²) in [7, 11) is 0. The summed E-state index contributed by atoms with van der Waals surface area (Å²) in [5, 5.41) is 22.1. The highest BCUT2D eigenvalue weighted by Crippen LogP contribution is 2.28. The molecule has 1 aromatic rings. The van der Waals surface area contributed by atoms with Crippen LogP contribution in [0.5, 0.6) is 0 Å². The topological polar surface area (TPSA) is 65.3 Å². The molecule has 2 N–H and O–H groups in total. The minimum Gasteiger partial charge on any atom is -0.394 e. The molecule has 1 aliphatic heterocycles. The van der Waals surface area contributed by atoms with Gasteiger partial charge in [-0.25, -0.2) is 0 Å². The van der Waals surface area contributed by atoms with Crippen LogP contribution in [0.4, 0.5) is 5.69 Å². The van der Waals surface area contributed by atoms with E-state index in [0.29, 0.717) is 18.8 Å². The van der Waals surface area contributed by atoms with Crippen LogP contribution < -0.4 is 5.32 Å². The Labute approximate surface area is 107 Å². The zero-order valence-corrected chi connectivity index (χ0v) is 10.6. The number of nitriles is 1. The number of ether oxygens (including phenoxy) is 1. The first-order valence-electron chi connectivity index (χ1n) is 6.17. The summed E-state index contributed by atoms with van der Waals surface area (Å²) in [5.41, 5.74) is 2.14. The molecule has 0 spiro atoms. The van der Waals surface area contributed by atoms with Gasteiger partial charge in [-0.3, -0.25) is 0 Å². The van der Waals surface area contributed by atoms with E-state index < -0.39 is 0 Å². The molecular formula is C14H18N2O2. The first kappa shape index (κ1) is 12.9. The average molecular weight is 246 g/mol. The lowest BCUT2D eigenvalue weighted by molar-refractivity contribution is 0.0380. The number of aliphatic hydroxyl groups is 1. The Balaban J connectivity index is 2.26. The number of nitrogens with one attached hydrogen (secondary N) is 1. The van der Waals surface area contributed by atoms with Gasteiger partial charge in [-0.05, 0) is 37.5 Å². The van der Waals surface area contributed by atoms with E-state index in [1.807, 2.05) is 25.1 Å². The predicted molar refractivity (Wildman–Crippen MR) is 69.4 cm³/mol. The molecule has 18 heavy (non-hydrogen) atoms. The van der Waals surface area contributed by atoms with Crippen molar-refractivity contribution in [2.45, 2.75) is 25.3 Å². The number of hydrogen-bond donors (Lipinski definition) is 2. The summed E-state index contributed by atoms with van der Waals surface area (Å²) < 4.78 is 5.33. The Morgan fingerprint density at radius 1 is 1.44 bits per heavy atom. The first-order valence-corrected chi connectivity index (χ1v) is 6.17. The van der Waals surface area contributed by atoms with Crippen LogP contribution in [0, 0.1) is 18.3 Å². The number of rotatable bonds is 3. The fourth-order valence-corrected chi connectivity index (χ4v) is 2.23. The molecule has 0 bridgehead atoms. The molecule has 0 amide bonds. The Hall–Kier alpha value is -1.57. The van der Waals surface area contributed by atoms with Crippen molar-refractivity contribution in [3.8, 4) is 6.07 Å². The summed E-state index contributed by atoms with van der Waals surface area (Å²) in [6.07, 6.45) is 1.50. The second kappa shape index (κ2) is 5.38. The predicted octanol–water partition coefficient (Wildman–Crippen LogP) is 1.82. The van der Waals surface area contributed by atoms with Crippen LogP contribution in [-0.2, 0) is 4.74 Å². The molecule has 2 rings (SSSR count). The molecule has 4 nitrogen and oxygen atoms in total. The van der Waals surface area contributed by atoms with Crippen molar-refractivity contribution >= 4 is 5.69 Å². The molecule has 1 aromatic carbocycles. The third-order valence-corrected chi connectivity index (χ3v) is 3.45. The van der Waals surface area contributed by atoms with Gasteiger partial charge in [0.1, 0.15) is 6.07 Å². The molecule has 0 aromatic heterocycles. The third-order valence-electron chi connectivity index (χ3n) is 3.45. The van der Waals surface area contributed by atoms with Crippen LogP contribution in [0.2, 0.25) is 0 Å². The minimum absolute atomic E-state index is 0.0508. The highest BCUT2D eigenvalue weighted by Gasteiger charge is 2.32. The van der Waals surface area contributed by atoms with E-state index in [1.165, 1.54) is 0 Å². The van der Waals surface area contributed by atoms with Crippen LogP contribution in [0.1, 0.15) is 24.0 Å². The fourth-order valence-electron chi connectivity index (χ4n) is 2.23. The van der Waals surface area contributed by atoms with Crippen LogP contribution in [0.15, 0.2) is 18.2 Å². The van der Waals surface area contributed by atoms with Gasteiger partial charge in [-0.15, -0.1) is 0 Å². The standard InChI is InChI=1S/C14H18N2O2/c1-11-2-3-12(9-15)13(8-11)16-14(10-17)4-6-18-7-5-14/h2-3,8,16-17H,4-7,10H2,1H3. The Bertz CT molecular complexity index is 459. The molecule has 4 heteroatoms. The zero-order valence-electron chi connectivity index (χ0n) is 10.6. The van der Waals surface area contributed by atoms with Crippen LogP contribution in [0.3, 0.4) is 0 Å². The van der Waals surface area contributed by atoms with E-state index in [0.717, 1.165) is 24.1 Å². The number of benzene rings is 1. The summed E-state index contributed by atoms with van der Waals surface area (Å²) in [4.78, 5) is 0. The van der Waals surface area contributed by atoms with Crippen molar-refractivity contribution in [1.82, 2.24) is 0 Å². The van der Waals surface area contributed by atoms with Crippen molar-refractivity contribution in [1.29, 1.82) is 5.26 Å². The molecule has 96 valence electrons. The van der Waals surface area contributed by atoms with Gasteiger partial charge in [-0.1, -0.05) is 6.07 Å². The van der Waals surface area contributed by atoms with Crippen LogP contribution in [0.25, 0.3) is 0 Å². The molecule has 0 saturated carbocycles. The number of hydrogen-bond acceptors (Lipinski definition) is 4. The molecule has 0 radical (unpaired) electrons. The summed E-state index contributed by atoms with van der Waals surface area (Å²) >= 11 is 0. The molecule has 0 aliphatic carbocycles. The molecule has 1 saturated heterocycles. The third kappa shape index (κ3) is 2.63. The Morgan fingerprint density at radius 2 is 2.17 bits per heavy atom. The minimum atomic E-state index is -0.363. The Kier molecular flexibility index (Phi) is 3.85. The summed E-state index contributed by atoms with van der Waals surface area (Å²) in [6.45, 7) is 3.32. The first-order chi connectivity index (χ1) is 8.69. The van der Waals surface area contributed by atoms with Gasteiger partial charge >= 0.3 is 0 Å². The van der Waals surface area contributed by atoms with E-state index in [2.05, 4.69) is 11.4 Å². The van der Waals surface area contributed by atoms with Crippen molar-refractivity contribution in [3.05, 3.63) is 29.3 Å². The van der Waals surface area contributed by atoms with Gasteiger partial charge in [0.25, 0.3) is 0 Å². The van der Waals surface area contributed by atoms with Crippen molar-refractivity contribution in [2.75, 3.05) is 25.1 Å². The van der Waals surface area contributed by atoms with Gasteiger partial charge in [0, 0.05) is 13.2 Å². The lowest BCUT2D eigenvalue weighted by Gasteiger charge is -2.37. The maximum Gasteiger partial charge on any atom is 0.101 e. The van der Waals surface area contributed by atoms with E-state index in [4.69, 9.17) is 10.00 Å². The highest BCUT2D eigenvalue weighted by molar-refractivity contribution is 5.60. The maximum atomic E-state index is 9.63. The normalized spacial score (nSPS) is 18.1. The Morgan fingerprint density at radius 3 is 2.78 bits per heavy atom. The molecule has 1 aliphatic rings. The largest absolute Gasteiger partial charge is 0.394 e. The highest BCUT2D eigenvalue weighted by atomic mass is 16.5. The second-order valence-corrected chi connectivity index (χ2v) is 4.84. The van der Waals surface area contributed by atoms with Crippen LogP contribution >= 0.6 is 0 Å². The molecular weight excluding hydrogens is 228 g/mol. The zero-order chi connectivity index (χ0) is 13.0. The van der Waals surface area contributed by atoms with E-state index >= 15 is 0 Å². The van der Waals surface area contributed by atoms with E-state index in [1.54, 1.807) is 0 Å². The number of aryl methyl sites for hydroxylation is 1. The van der Waals surface area contributed by atoms with Gasteiger partial charge in [0.15, 0.2) is 0 Å². The summed E-state index contributed by atoms with van der Waals surface area (Å²) in [6, 6.07) is 7.85. The van der Waals surface area contributed by atoms with Gasteiger partial charge in [0.2, 0.25) is 0 Å². The van der Waals surface area contributed by atoms with Crippen molar-refractivity contribution < 1.29 is 9.84 Å². The van der Waals surface area contributed by atoms with Crippen molar-refractivity contribution in [2.24, 2.45) is 0 Å². The monoisotopic (exact) mass is 246 g/mol. The SMILES string of the molecule is Cc1ccc(C#N)c(NC2(CO)CCOCC2)c1. The number of nitrogens with zero attached hydrogens (tertiary/aromatic N) is 1. The van der Waals surface area contributed by atoms with E-state index in [-0.39, 0.29) is 12.1 Å². The average Bonchev–Trinajstić information content (AvgIpc) is 2.40.